The summed E-state index contributed by atoms with van der Waals surface area (Å²) in [5.41, 5.74) is 6.60. The van der Waals surface area contributed by atoms with E-state index in [4.69, 9.17) is 11.5 Å². The van der Waals surface area contributed by atoms with E-state index in [-0.39, 0.29) is 40.9 Å². The minimum atomic E-state index is -4.65. The lowest BCUT2D eigenvalue weighted by Crippen LogP contribution is -2.65. The molecule has 0 radical (unpaired) electrons. The van der Waals surface area contributed by atoms with Crippen molar-refractivity contribution in [3.63, 3.8) is 0 Å². The largest absolute Gasteiger partial charge is 0.508 e. The molecule has 1 fully saturated rings. The Labute approximate surface area is 225 Å². The van der Waals surface area contributed by atoms with Crippen LogP contribution in [0.15, 0.2) is 28.1 Å². The fourth-order valence-electron chi connectivity index (χ4n) is 5.91. The van der Waals surface area contributed by atoms with Crippen LogP contribution in [0, 0.1) is 11.8 Å². The molecule has 1 aromatic rings. The molecule has 0 bridgehead atoms. The van der Waals surface area contributed by atoms with Crippen molar-refractivity contribution in [2.45, 2.75) is 37.6 Å². The van der Waals surface area contributed by atoms with Gasteiger partial charge in [-0.15, -0.1) is 0 Å². The van der Waals surface area contributed by atoms with Crippen LogP contribution in [0.2, 0.25) is 0 Å². The van der Waals surface area contributed by atoms with Gasteiger partial charge in [0.2, 0.25) is 12.4 Å². The number of oxime groups is 1. The van der Waals surface area contributed by atoms with Gasteiger partial charge in [0.1, 0.15) is 22.8 Å². The number of amides is 1. The summed E-state index contributed by atoms with van der Waals surface area (Å²) in [7, 11) is 2.93. The Bertz CT molecular complexity index is 1430. The van der Waals surface area contributed by atoms with Crippen molar-refractivity contribution in [2.75, 3.05) is 26.4 Å². The van der Waals surface area contributed by atoms with Crippen molar-refractivity contribution in [2.24, 2.45) is 22.7 Å². The standard InChI is InChI=1S/C25H27F3N4O8/c1-8(31-40-7-24(26,27)28)10-6-13(29)18(33)15-11(10)4-9-5-12-17(32(2)3)20(35)16(23(30)38)22(37)25(12,39)21(36)14(9)19(15)34/h6,9,12,17,33-34,37,39H,4-5,7,29H2,1-3H3,(H2,30,38)/b31-8-/t9?,12?,17-,25-/m0/s1. The van der Waals surface area contributed by atoms with Crippen molar-refractivity contribution in [1.29, 1.82) is 0 Å². The second kappa shape index (κ2) is 9.52. The summed E-state index contributed by atoms with van der Waals surface area (Å²) in [5, 5.41) is 47.9. The third-order valence-corrected chi connectivity index (χ3v) is 7.57. The normalized spacial score (nSPS) is 27.0. The summed E-state index contributed by atoms with van der Waals surface area (Å²) in [6, 6.07) is -0.0419. The number of carbonyl (C=O) groups is 3. The second-order valence-electron chi connectivity index (χ2n) is 10.2. The highest BCUT2D eigenvalue weighted by Gasteiger charge is 2.64. The smallest absolute Gasteiger partial charge is 0.425 e. The van der Waals surface area contributed by atoms with Gasteiger partial charge in [0.05, 0.1) is 23.0 Å². The van der Waals surface area contributed by atoms with E-state index in [1.54, 1.807) is 0 Å². The molecule has 2 unspecified atom stereocenters. The summed E-state index contributed by atoms with van der Waals surface area (Å²) in [6.45, 7) is -0.351. The average molecular weight is 569 g/mol. The van der Waals surface area contributed by atoms with Gasteiger partial charge in [-0.2, -0.15) is 13.2 Å². The number of carbonyl (C=O) groups excluding carboxylic acids is 3. The van der Waals surface area contributed by atoms with Crippen molar-refractivity contribution in [3.05, 3.63) is 39.7 Å². The Balaban J connectivity index is 1.92. The van der Waals surface area contributed by atoms with Crippen LogP contribution < -0.4 is 11.5 Å². The van der Waals surface area contributed by atoms with Crippen LogP contribution >= 0.6 is 0 Å². The maximum Gasteiger partial charge on any atom is 0.425 e. The highest BCUT2D eigenvalue weighted by Crippen LogP contribution is 2.53. The Morgan fingerprint density at radius 1 is 1.25 bits per heavy atom. The minimum absolute atomic E-state index is 0.0761. The number of hydrogen-bond acceptors (Lipinski definition) is 11. The van der Waals surface area contributed by atoms with Crippen LogP contribution in [0.25, 0.3) is 5.76 Å². The van der Waals surface area contributed by atoms with Crippen molar-refractivity contribution in [3.8, 4) is 5.75 Å². The van der Waals surface area contributed by atoms with Gasteiger partial charge in [0.25, 0.3) is 5.91 Å². The van der Waals surface area contributed by atoms with E-state index < -0.39 is 82.1 Å². The lowest BCUT2D eigenvalue weighted by Gasteiger charge is -2.50. The van der Waals surface area contributed by atoms with Crippen LogP contribution in [0.4, 0.5) is 18.9 Å². The van der Waals surface area contributed by atoms with E-state index >= 15 is 0 Å². The first-order valence-corrected chi connectivity index (χ1v) is 12.0. The number of nitrogens with zero attached hydrogens (tertiary/aromatic N) is 2. The van der Waals surface area contributed by atoms with Gasteiger partial charge in [-0.3, -0.25) is 19.3 Å². The number of phenols is 1. The van der Waals surface area contributed by atoms with E-state index in [1.165, 1.54) is 32.0 Å². The van der Waals surface area contributed by atoms with Crippen LogP contribution in [0.5, 0.6) is 5.75 Å². The lowest BCUT2D eigenvalue weighted by molar-refractivity contribution is -0.173. The Hall–Kier alpha value is -4.11. The van der Waals surface area contributed by atoms with Crippen LogP contribution in [-0.2, 0) is 25.6 Å². The zero-order chi connectivity index (χ0) is 30.1. The predicted octanol–water partition coefficient (Wildman–Crippen LogP) is 0.849. The molecule has 0 heterocycles. The maximum atomic E-state index is 13.8. The van der Waals surface area contributed by atoms with Gasteiger partial charge in [0, 0.05) is 17.1 Å². The first kappa shape index (κ1) is 28.9. The fourth-order valence-corrected chi connectivity index (χ4v) is 5.91. The number of halogens is 3. The summed E-state index contributed by atoms with van der Waals surface area (Å²) in [6.07, 6.45) is -4.93. The number of anilines is 1. The Kier molecular flexibility index (Phi) is 6.87. The molecule has 0 saturated heterocycles. The van der Waals surface area contributed by atoms with Gasteiger partial charge in [0.15, 0.2) is 11.4 Å². The molecule has 15 heteroatoms. The van der Waals surface area contributed by atoms with Gasteiger partial charge in [-0.25, -0.2) is 0 Å². The lowest BCUT2D eigenvalue weighted by atomic mass is 9.57. The molecule has 4 atom stereocenters. The molecular formula is C25H27F3N4O8. The molecule has 3 aliphatic carbocycles. The molecule has 3 aliphatic rings. The quantitative estimate of drug-likeness (QED) is 0.0970. The van der Waals surface area contributed by atoms with Gasteiger partial charge in [-0.1, -0.05) is 5.16 Å². The summed E-state index contributed by atoms with van der Waals surface area (Å²) >= 11 is 0. The molecule has 0 aliphatic heterocycles. The minimum Gasteiger partial charge on any atom is -0.508 e. The third-order valence-electron chi connectivity index (χ3n) is 7.57. The van der Waals surface area contributed by atoms with E-state index in [9.17, 15) is 48.0 Å². The Morgan fingerprint density at radius 3 is 2.42 bits per heavy atom. The van der Waals surface area contributed by atoms with Crippen LogP contribution in [0.1, 0.15) is 30.0 Å². The van der Waals surface area contributed by atoms with E-state index in [0.29, 0.717) is 0 Å². The number of nitrogen functional groups attached to an aromatic ring is 1. The van der Waals surface area contributed by atoms with Crippen molar-refractivity contribution >= 4 is 34.6 Å². The zero-order valence-corrected chi connectivity index (χ0v) is 21.5. The molecule has 1 saturated carbocycles. The molecule has 1 aromatic carbocycles. The van der Waals surface area contributed by atoms with Gasteiger partial charge < -0.3 is 36.7 Å². The average Bonchev–Trinajstić information content (AvgIpc) is 2.82. The fraction of sp³-hybridized carbons (Fsp3) is 0.440. The molecule has 1 amide bonds. The number of alkyl halides is 3. The zero-order valence-electron chi connectivity index (χ0n) is 21.5. The topological polar surface area (TPSA) is 209 Å². The van der Waals surface area contributed by atoms with E-state index in [0.717, 1.165) is 0 Å². The number of rotatable bonds is 5. The maximum absolute atomic E-state index is 13.8. The number of aliphatic hydroxyl groups excluding tert-OH is 2. The number of likely N-dealkylation sites (N-methyl/N-ethyl adjacent to an activating group) is 1. The van der Waals surface area contributed by atoms with Gasteiger partial charge in [-0.05, 0) is 51.4 Å². The number of primary amides is 1. The summed E-state index contributed by atoms with van der Waals surface area (Å²) in [4.78, 5) is 44.8. The third kappa shape index (κ3) is 4.25. The SMILES string of the molecule is C/C(=N/OCC(F)(F)F)c1cc(N)c(O)c2c1CC1CC3[C@H](N(C)C)C(=O)C(C(N)=O)=C(O)[C@@]3(O)C(=O)C1=C2O. The number of phenolic OH excluding ortho intramolecular Hbond substituents is 1. The van der Waals surface area contributed by atoms with Crippen LogP contribution in [-0.4, -0.2) is 87.0 Å². The number of aliphatic hydroxyl groups is 3. The predicted molar refractivity (Wildman–Crippen MR) is 133 cm³/mol. The number of benzene rings is 1. The number of hydrogen-bond donors (Lipinski definition) is 6. The monoisotopic (exact) mass is 568 g/mol. The molecule has 0 aromatic heterocycles. The number of aromatic hydroxyl groups is 1. The first-order chi connectivity index (χ1) is 18.4. The highest BCUT2D eigenvalue weighted by atomic mass is 19.4. The number of ketones is 2. The summed E-state index contributed by atoms with van der Waals surface area (Å²) < 4.78 is 37.6. The number of nitrogens with two attached hydrogens (primary N) is 2. The molecule has 4 rings (SSSR count). The van der Waals surface area contributed by atoms with Crippen molar-refractivity contribution < 1.29 is 52.8 Å². The first-order valence-electron chi connectivity index (χ1n) is 12.0. The molecular weight excluding hydrogens is 541 g/mol. The van der Waals surface area contributed by atoms with E-state index in [2.05, 4.69) is 9.99 Å². The van der Waals surface area contributed by atoms with Crippen molar-refractivity contribution in [1.82, 2.24) is 4.90 Å². The van der Waals surface area contributed by atoms with Gasteiger partial charge >= 0.3 is 6.18 Å². The Morgan fingerprint density at radius 2 is 1.88 bits per heavy atom. The molecule has 8 N–H and O–H groups in total. The molecule has 216 valence electrons. The van der Waals surface area contributed by atoms with Crippen LogP contribution in [0.3, 0.4) is 0 Å². The molecule has 40 heavy (non-hydrogen) atoms. The highest BCUT2D eigenvalue weighted by molar-refractivity contribution is 6.24. The molecule has 0 spiro atoms. The number of Topliss-reactive ketones (excluding diaryl/α,β-unsaturated/α-hetero) is 2. The summed E-state index contributed by atoms with van der Waals surface area (Å²) in [5.74, 6) is -8.33. The molecule has 12 nitrogen and oxygen atoms in total. The van der Waals surface area contributed by atoms with E-state index in [1.807, 2.05) is 0 Å². The second-order valence-corrected chi connectivity index (χ2v) is 10.2. The number of fused-ring (bicyclic) bond motifs is 3.